The van der Waals surface area contributed by atoms with Gasteiger partial charge in [0.05, 0.1) is 7.11 Å². The summed E-state index contributed by atoms with van der Waals surface area (Å²) in [6.45, 7) is 7.84. The molecule has 0 aliphatic rings. The molecule has 1 aromatic heterocycles. The van der Waals surface area contributed by atoms with Gasteiger partial charge in [-0.3, -0.25) is 4.79 Å². The molecular weight excluding hydrogens is 274 g/mol. The van der Waals surface area contributed by atoms with Crippen molar-refractivity contribution in [1.82, 2.24) is 5.32 Å². The molecule has 1 amide bonds. The molecule has 0 aliphatic carbocycles. The molecule has 114 valence electrons. The fourth-order valence-corrected chi connectivity index (χ4v) is 3.06. The maximum absolute atomic E-state index is 12.1. The Balaban J connectivity index is 3.05. The average molecular weight is 299 g/mol. The van der Waals surface area contributed by atoms with Gasteiger partial charge in [-0.15, -0.1) is 11.3 Å². The Hall–Kier alpha value is -1.43. The summed E-state index contributed by atoms with van der Waals surface area (Å²) >= 11 is 1.38. The van der Waals surface area contributed by atoms with Crippen LogP contribution in [0.3, 0.4) is 0 Å². The molecule has 0 aliphatic heterocycles. The summed E-state index contributed by atoms with van der Waals surface area (Å²) in [5.74, 6) is 0.988. The molecule has 0 aromatic carbocycles. The number of hydrogen-bond acceptors (Lipinski definition) is 5. The van der Waals surface area contributed by atoms with Crippen molar-refractivity contribution in [3.63, 3.8) is 0 Å². The van der Waals surface area contributed by atoms with E-state index >= 15 is 0 Å². The molecule has 6 heteroatoms. The fourth-order valence-electron chi connectivity index (χ4n) is 1.98. The Bertz CT molecular complexity index is 458. The second kappa shape index (κ2) is 7.38. The molecule has 20 heavy (non-hydrogen) atoms. The summed E-state index contributed by atoms with van der Waals surface area (Å²) < 4.78 is 5.38. The number of hydrogen-bond donors (Lipinski definition) is 2. The minimum Gasteiger partial charge on any atom is -0.492 e. The number of nitrogens with zero attached hydrogens (tertiary/aromatic N) is 1. The molecule has 0 spiro atoms. The highest BCUT2D eigenvalue weighted by Gasteiger charge is 2.23. The number of amides is 1. The first-order chi connectivity index (χ1) is 9.42. The van der Waals surface area contributed by atoms with Crippen molar-refractivity contribution in [2.24, 2.45) is 5.92 Å². The molecule has 1 heterocycles. The zero-order chi connectivity index (χ0) is 15.3. The second-order valence-electron chi connectivity index (χ2n) is 5.21. The number of thiophene rings is 1. The van der Waals surface area contributed by atoms with Gasteiger partial charge in [0.15, 0.2) is 5.75 Å². The number of nitrogens with two attached hydrogens (primary N) is 1. The van der Waals surface area contributed by atoms with Crippen LogP contribution in [0.15, 0.2) is 0 Å². The number of ether oxygens (including phenoxy) is 1. The van der Waals surface area contributed by atoms with Crippen LogP contribution in [0.4, 0.5) is 10.7 Å². The van der Waals surface area contributed by atoms with E-state index in [2.05, 4.69) is 24.1 Å². The van der Waals surface area contributed by atoms with E-state index < -0.39 is 0 Å². The second-order valence-corrected chi connectivity index (χ2v) is 6.21. The van der Waals surface area contributed by atoms with Crippen molar-refractivity contribution in [3.8, 4) is 5.75 Å². The molecule has 5 nitrogen and oxygen atoms in total. The van der Waals surface area contributed by atoms with Crippen molar-refractivity contribution >= 4 is 27.9 Å². The van der Waals surface area contributed by atoms with Gasteiger partial charge >= 0.3 is 0 Å². The number of rotatable bonds is 7. The topological polar surface area (TPSA) is 67.6 Å². The molecule has 0 atom stereocenters. The number of carbonyl (C=O) groups is 1. The lowest BCUT2D eigenvalue weighted by atomic mass is 10.2. The van der Waals surface area contributed by atoms with Crippen LogP contribution >= 0.6 is 11.3 Å². The van der Waals surface area contributed by atoms with Gasteiger partial charge in [0.2, 0.25) is 0 Å². The van der Waals surface area contributed by atoms with E-state index in [0.29, 0.717) is 28.8 Å². The summed E-state index contributed by atoms with van der Waals surface area (Å²) in [5, 5.41) is 3.75. The number of anilines is 2. The molecule has 0 radical (unpaired) electrons. The third-order valence-corrected chi connectivity index (χ3v) is 4.11. The van der Waals surface area contributed by atoms with Crippen LogP contribution in [-0.4, -0.2) is 33.2 Å². The van der Waals surface area contributed by atoms with Gasteiger partial charge in [0, 0.05) is 20.1 Å². The fraction of sp³-hybridized carbons (Fsp3) is 0.643. The van der Waals surface area contributed by atoms with E-state index in [1.54, 1.807) is 7.11 Å². The van der Waals surface area contributed by atoms with E-state index in [1.165, 1.54) is 11.3 Å². The predicted octanol–water partition coefficient (Wildman–Crippen LogP) is 2.57. The third-order valence-electron chi connectivity index (χ3n) is 2.81. The Morgan fingerprint density at radius 1 is 1.50 bits per heavy atom. The van der Waals surface area contributed by atoms with E-state index in [1.807, 2.05) is 14.0 Å². The van der Waals surface area contributed by atoms with E-state index in [0.717, 1.165) is 18.0 Å². The van der Waals surface area contributed by atoms with Gasteiger partial charge in [0.1, 0.15) is 15.6 Å². The third kappa shape index (κ3) is 3.79. The van der Waals surface area contributed by atoms with E-state index in [9.17, 15) is 4.79 Å². The molecule has 3 N–H and O–H groups in total. The lowest BCUT2D eigenvalue weighted by Crippen LogP contribution is -2.23. The highest BCUT2D eigenvalue weighted by Crippen LogP contribution is 2.44. The van der Waals surface area contributed by atoms with Crippen LogP contribution in [0.1, 0.15) is 36.9 Å². The molecule has 0 saturated heterocycles. The normalized spacial score (nSPS) is 10.7. The molecule has 0 saturated carbocycles. The number of carbonyl (C=O) groups excluding carboxylic acids is 1. The van der Waals surface area contributed by atoms with Gasteiger partial charge in [-0.1, -0.05) is 20.8 Å². The van der Waals surface area contributed by atoms with Crippen LogP contribution in [0.25, 0.3) is 0 Å². The van der Waals surface area contributed by atoms with Crippen LogP contribution in [-0.2, 0) is 0 Å². The lowest BCUT2D eigenvalue weighted by Gasteiger charge is -2.20. The monoisotopic (exact) mass is 299 g/mol. The Morgan fingerprint density at radius 3 is 2.65 bits per heavy atom. The Kier molecular flexibility index (Phi) is 6.13. The van der Waals surface area contributed by atoms with E-state index in [-0.39, 0.29) is 5.91 Å². The average Bonchev–Trinajstić information content (AvgIpc) is 2.72. The minimum absolute atomic E-state index is 0.128. The Morgan fingerprint density at radius 2 is 2.15 bits per heavy atom. The van der Waals surface area contributed by atoms with E-state index in [4.69, 9.17) is 10.5 Å². The van der Waals surface area contributed by atoms with Crippen molar-refractivity contribution in [2.75, 3.05) is 37.9 Å². The van der Waals surface area contributed by atoms with Crippen molar-refractivity contribution in [3.05, 3.63) is 4.88 Å². The molecule has 1 rings (SSSR count). The molecule has 0 bridgehead atoms. The van der Waals surface area contributed by atoms with Crippen molar-refractivity contribution in [2.45, 2.75) is 27.2 Å². The molecular formula is C14H25N3O2S. The molecule has 1 aromatic rings. The maximum Gasteiger partial charge on any atom is 0.263 e. The summed E-state index contributed by atoms with van der Waals surface area (Å²) in [6, 6.07) is 0. The van der Waals surface area contributed by atoms with Crippen LogP contribution < -0.4 is 20.7 Å². The highest BCUT2D eigenvalue weighted by atomic mass is 32.1. The van der Waals surface area contributed by atoms with Crippen molar-refractivity contribution in [1.29, 1.82) is 0 Å². The summed E-state index contributed by atoms with van der Waals surface area (Å²) in [4.78, 5) is 14.7. The summed E-state index contributed by atoms with van der Waals surface area (Å²) in [5.41, 5.74) is 6.48. The van der Waals surface area contributed by atoms with Gasteiger partial charge < -0.3 is 20.7 Å². The summed E-state index contributed by atoms with van der Waals surface area (Å²) in [7, 11) is 3.57. The zero-order valence-electron chi connectivity index (χ0n) is 12.9. The van der Waals surface area contributed by atoms with Gasteiger partial charge in [-0.05, 0) is 12.3 Å². The smallest absolute Gasteiger partial charge is 0.263 e. The van der Waals surface area contributed by atoms with Crippen LogP contribution in [0.5, 0.6) is 5.75 Å². The standard InChI is InChI=1S/C14H25N3O2S/c1-6-7-16-13(18)12-10(15)11(19-5)14(20-12)17(4)8-9(2)3/h9H,6-8,15H2,1-5H3,(H,16,18). The lowest BCUT2D eigenvalue weighted by molar-refractivity contribution is 0.0958. The minimum atomic E-state index is -0.128. The Labute approximate surface area is 125 Å². The molecule has 0 unspecified atom stereocenters. The summed E-state index contributed by atoms with van der Waals surface area (Å²) in [6.07, 6.45) is 0.897. The van der Waals surface area contributed by atoms with Gasteiger partial charge in [-0.25, -0.2) is 0 Å². The van der Waals surface area contributed by atoms with Gasteiger partial charge in [0.25, 0.3) is 5.91 Å². The first-order valence-corrected chi connectivity index (χ1v) is 7.69. The van der Waals surface area contributed by atoms with Gasteiger partial charge in [-0.2, -0.15) is 0 Å². The number of nitrogen functional groups attached to an aromatic ring is 1. The van der Waals surface area contributed by atoms with Crippen LogP contribution in [0.2, 0.25) is 0 Å². The first-order valence-electron chi connectivity index (χ1n) is 6.87. The zero-order valence-corrected chi connectivity index (χ0v) is 13.8. The van der Waals surface area contributed by atoms with Crippen LogP contribution in [0, 0.1) is 5.92 Å². The first kappa shape index (κ1) is 16.6. The number of methoxy groups -OCH3 is 1. The maximum atomic E-state index is 12.1. The largest absolute Gasteiger partial charge is 0.492 e. The van der Waals surface area contributed by atoms with Crippen molar-refractivity contribution < 1.29 is 9.53 Å². The molecule has 0 fully saturated rings. The quantitative estimate of drug-likeness (QED) is 0.812. The number of nitrogens with one attached hydrogen (secondary N) is 1. The predicted molar refractivity (Wildman–Crippen MR) is 86.0 cm³/mol. The SMILES string of the molecule is CCCNC(=O)c1sc(N(C)CC(C)C)c(OC)c1N. The highest BCUT2D eigenvalue weighted by molar-refractivity contribution is 7.19.